The fraction of sp³-hybridized carbons (Fsp3) is 0.381. The molecule has 0 saturated carbocycles. The van der Waals surface area contributed by atoms with Crippen LogP contribution in [-0.4, -0.2) is 31.1 Å². The van der Waals surface area contributed by atoms with Crippen LogP contribution >= 0.6 is 0 Å². The Balaban J connectivity index is 2.09. The van der Waals surface area contributed by atoms with E-state index >= 15 is 0 Å². The van der Waals surface area contributed by atoms with Crippen molar-refractivity contribution in [1.82, 2.24) is 4.90 Å². The SMILES string of the molecule is CCCC1(c2ccccc2)Nc2ccccc2C(=O)N1CCCOC. The molecule has 4 nitrogen and oxygen atoms in total. The Morgan fingerprint density at radius 2 is 1.80 bits per heavy atom. The molecule has 0 aromatic heterocycles. The normalized spacial score (nSPS) is 19.4. The molecule has 0 aliphatic carbocycles. The first-order valence-corrected chi connectivity index (χ1v) is 8.96. The summed E-state index contributed by atoms with van der Waals surface area (Å²) in [4.78, 5) is 15.3. The van der Waals surface area contributed by atoms with Crippen LogP contribution < -0.4 is 5.32 Å². The highest BCUT2D eigenvalue weighted by atomic mass is 16.5. The number of fused-ring (bicyclic) bond motifs is 1. The van der Waals surface area contributed by atoms with Crippen LogP contribution in [0.25, 0.3) is 0 Å². The van der Waals surface area contributed by atoms with Crippen molar-refractivity contribution in [1.29, 1.82) is 0 Å². The van der Waals surface area contributed by atoms with Crippen molar-refractivity contribution in [3.05, 3.63) is 65.7 Å². The van der Waals surface area contributed by atoms with E-state index in [1.54, 1.807) is 7.11 Å². The molecular formula is C21H26N2O2. The van der Waals surface area contributed by atoms with Crippen LogP contribution in [0.5, 0.6) is 0 Å². The summed E-state index contributed by atoms with van der Waals surface area (Å²) in [7, 11) is 1.70. The number of amides is 1. The molecule has 1 aliphatic rings. The van der Waals surface area contributed by atoms with Gasteiger partial charge < -0.3 is 15.0 Å². The molecule has 0 spiro atoms. The fourth-order valence-corrected chi connectivity index (χ4v) is 3.69. The predicted molar refractivity (Wildman–Crippen MR) is 101 cm³/mol. The number of hydrogen-bond donors (Lipinski definition) is 1. The fourth-order valence-electron chi connectivity index (χ4n) is 3.69. The monoisotopic (exact) mass is 338 g/mol. The van der Waals surface area contributed by atoms with Crippen molar-refractivity contribution in [2.24, 2.45) is 0 Å². The zero-order valence-corrected chi connectivity index (χ0v) is 15.0. The quantitative estimate of drug-likeness (QED) is 0.768. The van der Waals surface area contributed by atoms with Gasteiger partial charge in [0.15, 0.2) is 0 Å². The lowest BCUT2D eigenvalue weighted by molar-refractivity contribution is 0.0436. The number of nitrogens with one attached hydrogen (secondary N) is 1. The van der Waals surface area contributed by atoms with Crippen molar-refractivity contribution >= 4 is 11.6 Å². The minimum atomic E-state index is -0.519. The van der Waals surface area contributed by atoms with Gasteiger partial charge in [-0.1, -0.05) is 55.8 Å². The first-order chi connectivity index (χ1) is 12.2. The van der Waals surface area contributed by atoms with Crippen molar-refractivity contribution in [3.8, 4) is 0 Å². The van der Waals surface area contributed by atoms with E-state index in [4.69, 9.17) is 4.74 Å². The summed E-state index contributed by atoms with van der Waals surface area (Å²) in [6.45, 7) is 3.45. The molecule has 1 heterocycles. The number of para-hydroxylation sites is 1. The summed E-state index contributed by atoms with van der Waals surface area (Å²) < 4.78 is 5.21. The highest BCUT2D eigenvalue weighted by Crippen LogP contribution is 2.41. The number of carbonyl (C=O) groups is 1. The number of nitrogens with zero attached hydrogens (tertiary/aromatic N) is 1. The van der Waals surface area contributed by atoms with Crippen molar-refractivity contribution in [3.63, 3.8) is 0 Å². The molecule has 2 aromatic rings. The number of carbonyl (C=O) groups excluding carboxylic acids is 1. The zero-order valence-electron chi connectivity index (χ0n) is 15.0. The summed E-state index contributed by atoms with van der Waals surface area (Å²) in [5.74, 6) is 0.0859. The van der Waals surface area contributed by atoms with E-state index in [1.165, 1.54) is 0 Å². The molecule has 1 N–H and O–H groups in total. The Labute approximate surface area is 149 Å². The van der Waals surface area contributed by atoms with Gasteiger partial charge in [0.25, 0.3) is 5.91 Å². The van der Waals surface area contributed by atoms with E-state index in [1.807, 2.05) is 47.4 Å². The summed E-state index contributed by atoms with van der Waals surface area (Å²) in [6, 6.07) is 18.1. The van der Waals surface area contributed by atoms with Crippen LogP contribution in [0.3, 0.4) is 0 Å². The first kappa shape index (κ1) is 17.5. The Morgan fingerprint density at radius 3 is 2.52 bits per heavy atom. The molecule has 1 amide bonds. The smallest absolute Gasteiger partial charge is 0.258 e. The number of ether oxygens (including phenoxy) is 1. The van der Waals surface area contributed by atoms with Gasteiger partial charge >= 0.3 is 0 Å². The van der Waals surface area contributed by atoms with Crippen LogP contribution in [0.2, 0.25) is 0 Å². The van der Waals surface area contributed by atoms with Gasteiger partial charge in [0.1, 0.15) is 5.66 Å². The third kappa shape index (κ3) is 3.27. The second kappa shape index (κ2) is 7.70. The number of benzene rings is 2. The minimum absolute atomic E-state index is 0.0859. The van der Waals surface area contributed by atoms with Crippen molar-refractivity contribution < 1.29 is 9.53 Å². The lowest BCUT2D eigenvalue weighted by atomic mass is 9.88. The van der Waals surface area contributed by atoms with Gasteiger partial charge in [-0.05, 0) is 30.5 Å². The molecule has 0 fully saturated rings. The summed E-state index contributed by atoms with van der Waals surface area (Å²) in [5.41, 5.74) is 2.25. The second-order valence-electron chi connectivity index (χ2n) is 6.45. The standard InChI is InChI=1S/C21H26N2O2/c1-3-14-21(17-10-5-4-6-11-17)22-19-13-8-7-12-18(19)20(24)23(21)15-9-16-25-2/h4-8,10-13,22H,3,9,14-16H2,1-2H3. The molecule has 3 rings (SSSR count). The van der Waals surface area contributed by atoms with Gasteiger partial charge in [-0.15, -0.1) is 0 Å². The highest BCUT2D eigenvalue weighted by molar-refractivity contribution is 6.02. The largest absolute Gasteiger partial charge is 0.385 e. The van der Waals surface area contributed by atoms with E-state index < -0.39 is 5.66 Å². The number of hydrogen-bond acceptors (Lipinski definition) is 3. The Kier molecular flexibility index (Phi) is 5.39. The van der Waals surface area contributed by atoms with Gasteiger partial charge in [0, 0.05) is 25.9 Å². The highest BCUT2D eigenvalue weighted by Gasteiger charge is 2.44. The third-order valence-electron chi connectivity index (χ3n) is 4.80. The molecule has 2 aromatic carbocycles. The molecule has 1 atom stereocenters. The van der Waals surface area contributed by atoms with Crippen LogP contribution in [-0.2, 0) is 10.4 Å². The van der Waals surface area contributed by atoms with E-state index in [2.05, 4.69) is 24.4 Å². The number of methoxy groups -OCH3 is 1. The van der Waals surface area contributed by atoms with Crippen LogP contribution in [0.15, 0.2) is 54.6 Å². The summed E-state index contributed by atoms with van der Waals surface area (Å²) in [5, 5.41) is 3.70. The Morgan fingerprint density at radius 1 is 1.08 bits per heavy atom. The van der Waals surface area contributed by atoms with Crippen molar-refractivity contribution in [2.45, 2.75) is 31.8 Å². The average molecular weight is 338 g/mol. The molecular weight excluding hydrogens is 312 g/mol. The average Bonchev–Trinajstić information content (AvgIpc) is 2.65. The third-order valence-corrected chi connectivity index (χ3v) is 4.80. The van der Waals surface area contributed by atoms with E-state index in [0.717, 1.165) is 36.1 Å². The molecule has 1 unspecified atom stereocenters. The van der Waals surface area contributed by atoms with Gasteiger partial charge in [-0.25, -0.2) is 0 Å². The van der Waals surface area contributed by atoms with Crippen LogP contribution in [0, 0.1) is 0 Å². The molecule has 0 radical (unpaired) electrons. The molecule has 0 bridgehead atoms. The maximum absolute atomic E-state index is 13.3. The lowest BCUT2D eigenvalue weighted by Gasteiger charge is -2.49. The summed E-state index contributed by atoms with van der Waals surface area (Å²) in [6.07, 6.45) is 2.63. The molecule has 132 valence electrons. The molecule has 0 saturated heterocycles. The number of anilines is 1. The van der Waals surface area contributed by atoms with Gasteiger partial charge in [0.2, 0.25) is 0 Å². The van der Waals surface area contributed by atoms with Gasteiger partial charge in [-0.2, -0.15) is 0 Å². The maximum Gasteiger partial charge on any atom is 0.258 e. The van der Waals surface area contributed by atoms with Gasteiger partial charge in [-0.3, -0.25) is 4.79 Å². The molecule has 4 heteroatoms. The summed E-state index contributed by atoms with van der Waals surface area (Å²) >= 11 is 0. The zero-order chi connectivity index (χ0) is 17.7. The predicted octanol–water partition coefficient (Wildman–Crippen LogP) is 4.24. The van der Waals surface area contributed by atoms with E-state index in [9.17, 15) is 4.79 Å². The maximum atomic E-state index is 13.3. The van der Waals surface area contributed by atoms with E-state index in [0.29, 0.717) is 13.2 Å². The van der Waals surface area contributed by atoms with Gasteiger partial charge in [0.05, 0.1) is 5.56 Å². The Bertz CT molecular complexity index is 717. The number of rotatable bonds is 7. The molecule has 1 aliphatic heterocycles. The Hall–Kier alpha value is -2.33. The van der Waals surface area contributed by atoms with E-state index in [-0.39, 0.29) is 5.91 Å². The van der Waals surface area contributed by atoms with Crippen molar-refractivity contribution in [2.75, 3.05) is 25.6 Å². The minimum Gasteiger partial charge on any atom is -0.385 e. The van der Waals surface area contributed by atoms with Crippen LogP contribution in [0.4, 0.5) is 5.69 Å². The molecule has 25 heavy (non-hydrogen) atoms. The lowest BCUT2D eigenvalue weighted by Crippen LogP contribution is -2.58. The topological polar surface area (TPSA) is 41.6 Å². The van der Waals surface area contributed by atoms with Crippen LogP contribution in [0.1, 0.15) is 42.1 Å². The first-order valence-electron chi connectivity index (χ1n) is 8.96. The second-order valence-corrected chi connectivity index (χ2v) is 6.45.